The maximum atomic E-state index is 12.9. The van der Waals surface area contributed by atoms with Gasteiger partial charge in [0.1, 0.15) is 11.9 Å². The maximum absolute atomic E-state index is 12.9. The highest BCUT2D eigenvalue weighted by Crippen LogP contribution is 2.38. The molecule has 10 nitrogen and oxygen atoms in total. The van der Waals surface area contributed by atoms with E-state index in [1.165, 1.54) is 34.7 Å². The SMILES string of the molecule is CCOC(=O)c1c(-c2cccc([N+](=O)[O-])c2)c(C(=O)OC)c2cc(C#N)c(N)n2c1C. The van der Waals surface area contributed by atoms with E-state index in [9.17, 15) is 25.0 Å². The number of nitrogens with zero attached hydrogens (tertiary/aromatic N) is 3. The van der Waals surface area contributed by atoms with Gasteiger partial charge in [0.05, 0.1) is 40.8 Å². The van der Waals surface area contributed by atoms with Crippen molar-refractivity contribution >= 4 is 29.0 Å². The molecule has 158 valence electrons. The second kappa shape index (κ2) is 8.16. The predicted molar refractivity (Wildman–Crippen MR) is 111 cm³/mol. The second-order valence-corrected chi connectivity index (χ2v) is 6.51. The van der Waals surface area contributed by atoms with Crippen LogP contribution >= 0.6 is 0 Å². The minimum absolute atomic E-state index is 0.0120. The molecule has 0 atom stereocenters. The number of nitro groups is 1. The summed E-state index contributed by atoms with van der Waals surface area (Å²) in [5, 5.41) is 20.7. The fraction of sp³-hybridized carbons (Fsp3) is 0.190. The molecule has 0 aliphatic heterocycles. The van der Waals surface area contributed by atoms with Crippen LogP contribution in [0.4, 0.5) is 11.5 Å². The van der Waals surface area contributed by atoms with E-state index in [-0.39, 0.29) is 51.4 Å². The van der Waals surface area contributed by atoms with Crippen LogP contribution in [-0.4, -0.2) is 35.0 Å². The summed E-state index contributed by atoms with van der Waals surface area (Å²) < 4.78 is 11.5. The molecule has 3 rings (SSSR count). The fourth-order valence-electron chi connectivity index (χ4n) is 3.53. The third-order valence-corrected chi connectivity index (χ3v) is 4.83. The number of anilines is 1. The van der Waals surface area contributed by atoms with E-state index in [1.807, 2.05) is 6.07 Å². The molecular weight excluding hydrogens is 404 g/mol. The van der Waals surface area contributed by atoms with Crippen LogP contribution in [0, 0.1) is 28.4 Å². The van der Waals surface area contributed by atoms with Crippen LogP contribution in [0.1, 0.15) is 38.9 Å². The number of methoxy groups -OCH3 is 1. The Morgan fingerprint density at radius 3 is 2.55 bits per heavy atom. The highest BCUT2D eigenvalue weighted by atomic mass is 16.6. The minimum Gasteiger partial charge on any atom is -0.465 e. The molecule has 0 amide bonds. The van der Waals surface area contributed by atoms with E-state index in [2.05, 4.69) is 0 Å². The van der Waals surface area contributed by atoms with Crippen LogP contribution in [0.2, 0.25) is 0 Å². The highest BCUT2D eigenvalue weighted by Gasteiger charge is 2.30. The van der Waals surface area contributed by atoms with Crippen molar-refractivity contribution in [2.24, 2.45) is 0 Å². The number of ether oxygens (including phenoxy) is 2. The number of aromatic nitrogens is 1. The molecule has 0 fully saturated rings. The van der Waals surface area contributed by atoms with Crippen LogP contribution in [0.5, 0.6) is 0 Å². The lowest BCUT2D eigenvalue weighted by molar-refractivity contribution is -0.384. The number of rotatable bonds is 5. The average molecular weight is 422 g/mol. The van der Waals surface area contributed by atoms with E-state index in [0.29, 0.717) is 5.69 Å². The monoisotopic (exact) mass is 422 g/mol. The zero-order valence-electron chi connectivity index (χ0n) is 17.0. The van der Waals surface area contributed by atoms with E-state index < -0.39 is 16.9 Å². The zero-order chi connectivity index (χ0) is 22.9. The summed E-state index contributed by atoms with van der Waals surface area (Å²) in [7, 11) is 1.16. The van der Waals surface area contributed by atoms with Crippen molar-refractivity contribution in [2.75, 3.05) is 19.5 Å². The third-order valence-electron chi connectivity index (χ3n) is 4.83. The zero-order valence-corrected chi connectivity index (χ0v) is 17.0. The summed E-state index contributed by atoms with van der Waals surface area (Å²) >= 11 is 0. The molecule has 1 aromatic carbocycles. The molecule has 2 N–H and O–H groups in total. The van der Waals surface area contributed by atoms with Gasteiger partial charge in [0.25, 0.3) is 5.69 Å². The standard InChI is InChI=1S/C21H18N4O6/c1-4-31-21(27)16-11(2)24-15(9-13(10-22)19(24)23)18(20(26)30-3)17(16)12-6-5-7-14(8-12)25(28)29/h5-9H,4,23H2,1-3H3. The van der Waals surface area contributed by atoms with Crippen molar-refractivity contribution in [3.63, 3.8) is 0 Å². The van der Waals surface area contributed by atoms with Gasteiger partial charge < -0.3 is 15.2 Å². The van der Waals surface area contributed by atoms with Gasteiger partial charge in [-0.3, -0.25) is 14.5 Å². The van der Waals surface area contributed by atoms with Gasteiger partial charge in [0.15, 0.2) is 0 Å². The number of non-ortho nitro benzene ring substituents is 1. The smallest absolute Gasteiger partial charge is 0.340 e. The van der Waals surface area contributed by atoms with E-state index in [4.69, 9.17) is 15.2 Å². The van der Waals surface area contributed by atoms with E-state index >= 15 is 0 Å². The Hall–Kier alpha value is -4.39. The Kier molecular flexibility index (Phi) is 5.61. The summed E-state index contributed by atoms with van der Waals surface area (Å²) in [6, 6.07) is 8.87. The fourth-order valence-corrected chi connectivity index (χ4v) is 3.53. The number of hydrogen-bond donors (Lipinski definition) is 1. The molecule has 0 saturated carbocycles. The first-order valence-electron chi connectivity index (χ1n) is 9.14. The summed E-state index contributed by atoms with van der Waals surface area (Å²) in [4.78, 5) is 36.5. The van der Waals surface area contributed by atoms with E-state index in [0.717, 1.165) is 7.11 Å². The number of benzene rings is 1. The Labute approximate surface area is 176 Å². The molecule has 0 spiro atoms. The molecule has 0 radical (unpaired) electrons. The average Bonchev–Trinajstić information content (AvgIpc) is 3.09. The normalized spacial score (nSPS) is 10.5. The van der Waals surface area contributed by atoms with Crippen LogP contribution in [0.15, 0.2) is 30.3 Å². The summed E-state index contributed by atoms with van der Waals surface area (Å²) in [6.07, 6.45) is 0. The van der Waals surface area contributed by atoms with Gasteiger partial charge in [-0.05, 0) is 25.5 Å². The molecule has 0 saturated heterocycles. The summed E-state index contributed by atoms with van der Waals surface area (Å²) in [5.41, 5.74) is 6.77. The van der Waals surface area contributed by atoms with Gasteiger partial charge in [-0.25, -0.2) is 9.59 Å². The Bertz CT molecular complexity index is 1290. The van der Waals surface area contributed by atoms with Gasteiger partial charge in [0.2, 0.25) is 0 Å². The lowest BCUT2D eigenvalue weighted by Gasteiger charge is -2.19. The lowest BCUT2D eigenvalue weighted by atomic mass is 9.92. The van der Waals surface area contributed by atoms with Gasteiger partial charge in [-0.1, -0.05) is 12.1 Å². The van der Waals surface area contributed by atoms with Crippen LogP contribution in [0.3, 0.4) is 0 Å². The number of hydrogen-bond acceptors (Lipinski definition) is 8. The van der Waals surface area contributed by atoms with Crippen LogP contribution in [-0.2, 0) is 9.47 Å². The summed E-state index contributed by atoms with van der Waals surface area (Å²) in [5.74, 6) is -1.52. The molecule has 0 aliphatic rings. The molecule has 2 aromatic heterocycles. The predicted octanol–water partition coefficient (Wildman–Crippen LogP) is 3.24. The number of nitriles is 1. The Balaban J connectivity index is 2.60. The summed E-state index contributed by atoms with van der Waals surface area (Å²) in [6.45, 7) is 3.26. The van der Waals surface area contributed by atoms with Crippen LogP contribution < -0.4 is 5.73 Å². The Morgan fingerprint density at radius 1 is 1.26 bits per heavy atom. The van der Waals surface area contributed by atoms with Crippen LogP contribution in [0.25, 0.3) is 16.6 Å². The number of aryl methyl sites for hydroxylation is 1. The van der Waals surface area contributed by atoms with Gasteiger partial charge >= 0.3 is 11.9 Å². The second-order valence-electron chi connectivity index (χ2n) is 6.51. The van der Waals surface area contributed by atoms with Crippen molar-refractivity contribution in [3.05, 3.63) is 62.8 Å². The Morgan fingerprint density at radius 2 is 1.97 bits per heavy atom. The van der Waals surface area contributed by atoms with Gasteiger partial charge in [-0.2, -0.15) is 5.26 Å². The number of esters is 2. The number of nitrogens with two attached hydrogens (primary N) is 1. The first kappa shape index (κ1) is 21.3. The molecule has 0 unspecified atom stereocenters. The first-order valence-corrected chi connectivity index (χ1v) is 9.14. The molecule has 3 aromatic rings. The molecule has 31 heavy (non-hydrogen) atoms. The van der Waals surface area contributed by atoms with Gasteiger partial charge in [0, 0.05) is 23.4 Å². The van der Waals surface area contributed by atoms with E-state index in [1.54, 1.807) is 13.8 Å². The quantitative estimate of drug-likeness (QED) is 0.374. The molecule has 10 heteroatoms. The van der Waals surface area contributed by atoms with Crippen molar-refractivity contribution in [2.45, 2.75) is 13.8 Å². The number of carbonyl (C=O) groups is 2. The number of nitro benzene ring substituents is 1. The van der Waals surface area contributed by atoms with Crippen molar-refractivity contribution in [1.29, 1.82) is 5.26 Å². The number of fused-ring (bicyclic) bond motifs is 1. The highest BCUT2D eigenvalue weighted by molar-refractivity contribution is 6.11. The first-order chi connectivity index (χ1) is 14.8. The molecule has 0 bridgehead atoms. The molecule has 2 heterocycles. The molecular formula is C21H18N4O6. The third kappa shape index (κ3) is 3.42. The maximum Gasteiger partial charge on any atom is 0.340 e. The lowest BCUT2D eigenvalue weighted by Crippen LogP contribution is -2.17. The largest absolute Gasteiger partial charge is 0.465 e. The molecule has 0 aliphatic carbocycles. The van der Waals surface area contributed by atoms with Crippen molar-refractivity contribution in [3.8, 4) is 17.2 Å². The number of nitrogen functional groups attached to an aromatic ring is 1. The van der Waals surface area contributed by atoms with Crippen molar-refractivity contribution in [1.82, 2.24) is 4.40 Å². The number of carbonyl (C=O) groups excluding carboxylic acids is 2. The van der Waals surface area contributed by atoms with Gasteiger partial charge in [-0.15, -0.1) is 0 Å². The minimum atomic E-state index is -0.806. The van der Waals surface area contributed by atoms with Crippen molar-refractivity contribution < 1.29 is 24.0 Å². The number of pyridine rings is 1. The topological polar surface area (TPSA) is 150 Å².